The Morgan fingerprint density at radius 1 is 1.08 bits per heavy atom. The Hall–Kier alpha value is -2.41. The lowest BCUT2D eigenvalue weighted by Gasteiger charge is -2.44. The molecule has 1 aliphatic heterocycles. The maximum absolute atomic E-state index is 14.1. The number of benzene rings is 2. The highest BCUT2D eigenvalue weighted by Crippen LogP contribution is 2.53. The van der Waals surface area contributed by atoms with E-state index in [2.05, 4.69) is 5.32 Å². The summed E-state index contributed by atoms with van der Waals surface area (Å²) in [4.78, 5) is 11.4. The molecular formula is C19H17F3N2OS. The number of carbonyl (C=O) groups is 1. The standard InChI is InChI=1S/C19H17F3N2OS/c1-3-16-24(15-7-5-4-6-8-15)17(25)23-18(26-16,19(20,21)22)14-11-9-13(2)10-12-14/h3-12H,1-2H3,(H,23,25)/b16-3+/t18-/m0/s1. The number of nitrogens with zero attached hydrogens (tertiary/aromatic N) is 1. The van der Waals surface area contributed by atoms with Crippen LogP contribution < -0.4 is 10.2 Å². The van der Waals surface area contributed by atoms with Crippen molar-refractivity contribution in [2.24, 2.45) is 0 Å². The maximum atomic E-state index is 14.1. The largest absolute Gasteiger partial charge is 0.425 e. The Morgan fingerprint density at radius 2 is 1.69 bits per heavy atom. The summed E-state index contributed by atoms with van der Waals surface area (Å²) in [5.74, 6) is 0. The molecule has 26 heavy (non-hydrogen) atoms. The normalized spacial score (nSPS) is 22.4. The Balaban J connectivity index is 2.10. The van der Waals surface area contributed by atoms with Crippen LogP contribution in [0.2, 0.25) is 0 Å². The Labute approximate surface area is 153 Å². The third kappa shape index (κ3) is 3.07. The van der Waals surface area contributed by atoms with Gasteiger partial charge in [-0.25, -0.2) is 4.79 Å². The molecular weight excluding hydrogens is 361 g/mol. The number of hydrogen-bond donors (Lipinski definition) is 1. The lowest BCUT2D eigenvalue weighted by Crippen LogP contribution is -2.60. The van der Waals surface area contributed by atoms with Crippen molar-refractivity contribution in [3.63, 3.8) is 0 Å². The van der Waals surface area contributed by atoms with Gasteiger partial charge in [0.2, 0.25) is 4.87 Å². The monoisotopic (exact) mass is 378 g/mol. The number of nitrogens with one attached hydrogen (secondary N) is 1. The first-order valence-electron chi connectivity index (χ1n) is 7.95. The number of allylic oxidation sites excluding steroid dienone is 1. The predicted octanol–water partition coefficient (Wildman–Crippen LogP) is 5.53. The number of carbonyl (C=O) groups excluding carboxylic acids is 1. The molecule has 1 aliphatic rings. The molecule has 3 rings (SSSR count). The van der Waals surface area contributed by atoms with Crippen LogP contribution >= 0.6 is 11.8 Å². The van der Waals surface area contributed by atoms with Gasteiger partial charge in [-0.2, -0.15) is 13.2 Å². The van der Waals surface area contributed by atoms with Gasteiger partial charge in [-0.3, -0.25) is 4.90 Å². The molecule has 0 radical (unpaired) electrons. The van der Waals surface area contributed by atoms with E-state index in [1.165, 1.54) is 23.1 Å². The van der Waals surface area contributed by atoms with Crippen molar-refractivity contribution < 1.29 is 18.0 Å². The highest BCUT2D eigenvalue weighted by Gasteiger charge is 2.61. The minimum atomic E-state index is -4.68. The maximum Gasteiger partial charge on any atom is 0.425 e. The fourth-order valence-corrected chi connectivity index (χ4v) is 3.98. The molecule has 0 aromatic heterocycles. The van der Waals surface area contributed by atoms with Crippen molar-refractivity contribution in [1.82, 2.24) is 5.32 Å². The van der Waals surface area contributed by atoms with Crippen molar-refractivity contribution >= 4 is 23.5 Å². The van der Waals surface area contributed by atoms with Crippen LogP contribution in [0, 0.1) is 6.92 Å². The second kappa shape index (κ2) is 6.72. The molecule has 0 saturated carbocycles. The van der Waals surface area contributed by atoms with Gasteiger partial charge in [0.05, 0.1) is 10.7 Å². The molecule has 136 valence electrons. The van der Waals surface area contributed by atoms with E-state index < -0.39 is 17.1 Å². The van der Waals surface area contributed by atoms with Gasteiger partial charge in [0.25, 0.3) is 0 Å². The van der Waals surface area contributed by atoms with Gasteiger partial charge in [-0.1, -0.05) is 65.9 Å². The summed E-state index contributed by atoms with van der Waals surface area (Å²) in [6.07, 6.45) is -3.16. The van der Waals surface area contributed by atoms with Crippen molar-refractivity contribution in [3.05, 3.63) is 76.8 Å². The van der Waals surface area contributed by atoms with Gasteiger partial charge in [0.1, 0.15) is 0 Å². The number of anilines is 1. The topological polar surface area (TPSA) is 32.3 Å². The van der Waals surface area contributed by atoms with Crippen LogP contribution in [0.25, 0.3) is 0 Å². The zero-order valence-corrected chi connectivity index (χ0v) is 15.0. The number of amides is 2. The summed E-state index contributed by atoms with van der Waals surface area (Å²) in [6, 6.07) is 13.8. The van der Waals surface area contributed by atoms with Gasteiger partial charge >= 0.3 is 12.2 Å². The Morgan fingerprint density at radius 3 is 2.23 bits per heavy atom. The number of hydrogen-bond acceptors (Lipinski definition) is 2. The van der Waals surface area contributed by atoms with E-state index in [0.717, 1.165) is 5.56 Å². The highest BCUT2D eigenvalue weighted by atomic mass is 32.2. The number of para-hydroxylation sites is 1. The molecule has 0 unspecified atom stereocenters. The second-order valence-corrected chi connectivity index (χ2v) is 7.11. The number of aryl methyl sites for hydroxylation is 1. The smallest absolute Gasteiger partial charge is 0.311 e. The molecule has 1 heterocycles. The lowest BCUT2D eigenvalue weighted by atomic mass is 10.0. The molecule has 2 amide bonds. The van der Waals surface area contributed by atoms with Crippen molar-refractivity contribution in [3.8, 4) is 0 Å². The summed E-state index contributed by atoms with van der Waals surface area (Å²) in [6.45, 7) is 3.41. The first-order chi connectivity index (χ1) is 12.3. The summed E-state index contributed by atoms with van der Waals surface area (Å²) in [5, 5.41) is 2.42. The van der Waals surface area contributed by atoms with E-state index in [1.54, 1.807) is 56.3 Å². The number of halogens is 3. The van der Waals surface area contributed by atoms with E-state index >= 15 is 0 Å². The molecule has 1 N–H and O–H groups in total. The fraction of sp³-hybridized carbons (Fsp3) is 0.211. The van der Waals surface area contributed by atoms with Crippen LogP contribution in [0.5, 0.6) is 0 Å². The zero-order valence-electron chi connectivity index (χ0n) is 14.2. The summed E-state index contributed by atoms with van der Waals surface area (Å²) in [5.41, 5.74) is 1.33. The van der Waals surface area contributed by atoms with Gasteiger partial charge < -0.3 is 5.32 Å². The van der Waals surface area contributed by atoms with Gasteiger partial charge in [0, 0.05) is 0 Å². The van der Waals surface area contributed by atoms with E-state index in [0.29, 0.717) is 17.4 Å². The first kappa shape index (κ1) is 18.4. The van der Waals surface area contributed by atoms with E-state index in [4.69, 9.17) is 0 Å². The van der Waals surface area contributed by atoms with Crippen molar-refractivity contribution in [2.75, 3.05) is 4.90 Å². The molecule has 0 aliphatic carbocycles. The van der Waals surface area contributed by atoms with E-state index in [1.807, 2.05) is 0 Å². The molecule has 3 nitrogen and oxygen atoms in total. The molecule has 1 fully saturated rings. The summed E-state index contributed by atoms with van der Waals surface area (Å²) < 4.78 is 42.3. The van der Waals surface area contributed by atoms with Crippen LogP contribution in [0.15, 0.2) is 65.7 Å². The van der Waals surface area contributed by atoms with Crippen molar-refractivity contribution in [1.29, 1.82) is 0 Å². The molecule has 0 spiro atoms. The minimum absolute atomic E-state index is 0.0130. The fourth-order valence-electron chi connectivity index (χ4n) is 2.76. The van der Waals surface area contributed by atoms with Crippen LogP contribution in [-0.2, 0) is 4.87 Å². The lowest BCUT2D eigenvalue weighted by molar-refractivity contribution is -0.167. The summed E-state index contributed by atoms with van der Waals surface area (Å²) >= 11 is 0.582. The Kier molecular flexibility index (Phi) is 4.75. The molecule has 0 bridgehead atoms. The van der Waals surface area contributed by atoms with Crippen LogP contribution in [0.1, 0.15) is 18.1 Å². The molecule has 7 heteroatoms. The molecule has 1 saturated heterocycles. The van der Waals surface area contributed by atoms with Gasteiger partial charge in [0.15, 0.2) is 0 Å². The number of alkyl halides is 3. The second-order valence-electron chi connectivity index (χ2n) is 5.88. The number of rotatable bonds is 2. The van der Waals surface area contributed by atoms with Crippen LogP contribution in [0.4, 0.5) is 23.7 Å². The average molecular weight is 378 g/mol. The molecule has 1 atom stereocenters. The van der Waals surface area contributed by atoms with Gasteiger partial charge in [-0.15, -0.1) is 0 Å². The highest BCUT2D eigenvalue weighted by molar-refractivity contribution is 8.04. The SMILES string of the molecule is C/C=C1/S[C@@](c2ccc(C)cc2)(C(F)(F)F)NC(=O)N1c1ccccc1. The third-order valence-corrected chi connectivity index (χ3v) is 5.59. The minimum Gasteiger partial charge on any atom is -0.311 e. The predicted molar refractivity (Wildman–Crippen MR) is 97.7 cm³/mol. The first-order valence-corrected chi connectivity index (χ1v) is 8.76. The number of urea groups is 1. The van der Waals surface area contributed by atoms with Crippen molar-refractivity contribution in [2.45, 2.75) is 24.9 Å². The van der Waals surface area contributed by atoms with E-state index in [-0.39, 0.29) is 10.6 Å². The quantitative estimate of drug-likeness (QED) is 0.745. The summed E-state index contributed by atoms with van der Waals surface area (Å²) in [7, 11) is 0. The van der Waals surface area contributed by atoms with E-state index in [9.17, 15) is 18.0 Å². The molecule has 2 aromatic carbocycles. The zero-order chi connectivity index (χ0) is 18.9. The Bertz CT molecular complexity index is 834. The van der Waals surface area contributed by atoms with Gasteiger partial charge in [-0.05, 0) is 31.5 Å². The third-order valence-electron chi connectivity index (χ3n) is 4.08. The van der Waals surface area contributed by atoms with Crippen LogP contribution in [0.3, 0.4) is 0 Å². The number of thioether (sulfide) groups is 1. The average Bonchev–Trinajstić information content (AvgIpc) is 2.61. The van der Waals surface area contributed by atoms with Crippen LogP contribution in [-0.4, -0.2) is 12.2 Å². The molecule has 2 aromatic rings.